The van der Waals surface area contributed by atoms with E-state index in [2.05, 4.69) is 30.3 Å². The van der Waals surface area contributed by atoms with E-state index < -0.39 is 0 Å². The van der Waals surface area contributed by atoms with Crippen LogP contribution in [0.15, 0.2) is 54.6 Å². The van der Waals surface area contributed by atoms with Crippen molar-refractivity contribution in [1.82, 2.24) is 0 Å². The molecule has 0 N–H and O–H groups in total. The van der Waals surface area contributed by atoms with E-state index in [1.165, 1.54) is 22.4 Å². The first kappa shape index (κ1) is 12.4. The topological polar surface area (TPSA) is 26.3 Å². The van der Waals surface area contributed by atoms with Crippen LogP contribution in [0, 0.1) is 0 Å². The number of esters is 1. The lowest BCUT2D eigenvalue weighted by atomic mass is 10.1. The molecule has 0 spiro atoms. The molecule has 0 bridgehead atoms. The summed E-state index contributed by atoms with van der Waals surface area (Å²) in [7, 11) is 0. The summed E-state index contributed by atoms with van der Waals surface area (Å²) in [6, 6.07) is 14.6. The molecule has 0 unspecified atom stereocenters. The Morgan fingerprint density at radius 1 is 1.17 bits per heavy atom. The van der Waals surface area contributed by atoms with E-state index in [0.717, 1.165) is 6.42 Å². The van der Waals surface area contributed by atoms with Crippen LogP contribution in [0.2, 0.25) is 0 Å². The van der Waals surface area contributed by atoms with Crippen LogP contribution in [-0.2, 0) is 16.0 Å². The first-order valence-corrected chi connectivity index (χ1v) is 6.10. The predicted octanol–water partition coefficient (Wildman–Crippen LogP) is 3.50. The summed E-state index contributed by atoms with van der Waals surface area (Å²) in [4.78, 5) is 11.1. The highest BCUT2D eigenvalue weighted by molar-refractivity contribution is 5.83. The zero-order valence-electron chi connectivity index (χ0n) is 10.4. The normalized spacial score (nSPS) is 10.9. The minimum atomic E-state index is -0.279. The Hall–Kier alpha value is -2.09. The Labute approximate surface area is 107 Å². The van der Waals surface area contributed by atoms with Crippen LogP contribution in [0.4, 0.5) is 0 Å². The maximum atomic E-state index is 11.1. The van der Waals surface area contributed by atoms with Crippen LogP contribution in [0.5, 0.6) is 0 Å². The molecule has 2 rings (SSSR count). The number of ether oxygens (including phenoxy) is 1. The average molecular weight is 240 g/mol. The molecule has 2 nitrogen and oxygen atoms in total. The highest BCUT2D eigenvalue weighted by Gasteiger charge is 1.96. The Kier molecular flexibility index (Phi) is 4.13. The molecule has 92 valence electrons. The Morgan fingerprint density at radius 3 is 2.72 bits per heavy atom. The molecule has 18 heavy (non-hydrogen) atoms. The highest BCUT2D eigenvalue weighted by atomic mass is 16.5. The second kappa shape index (κ2) is 6.01. The van der Waals surface area contributed by atoms with Crippen molar-refractivity contribution in [1.29, 1.82) is 0 Å². The fraction of sp³-hybridized carbons (Fsp3) is 0.188. The van der Waals surface area contributed by atoms with Gasteiger partial charge in [-0.05, 0) is 29.7 Å². The largest absolute Gasteiger partial charge is 0.463 e. The summed E-state index contributed by atoms with van der Waals surface area (Å²) in [6.45, 7) is 2.22. The fourth-order valence-corrected chi connectivity index (χ4v) is 1.85. The van der Waals surface area contributed by atoms with E-state index in [9.17, 15) is 4.79 Å². The van der Waals surface area contributed by atoms with E-state index in [0.29, 0.717) is 6.61 Å². The van der Waals surface area contributed by atoms with Gasteiger partial charge in [0.15, 0.2) is 0 Å². The lowest BCUT2D eigenvalue weighted by Gasteiger charge is -2.01. The van der Waals surface area contributed by atoms with Crippen LogP contribution < -0.4 is 0 Å². The van der Waals surface area contributed by atoms with Crippen LogP contribution in [0.3, 0.4) is 0 Å². The summed E-state index contributed by atoms with van der Waals surface area (Å²) in [6.07, 6.45) is 4.06. The summed E-state index contributed by atoms with van der Waals surface area (Å²) >= 11 is 0. The second-order valence-electron chi connectivity index (χ2n) is 4.04. The van der Waals surface area contributed by atoms with Gasteiger partial charge in [-0.25, -0.2) is 4.79 Å². The van der Waals surface area contributed by atoms with Crippen LogP contribution in [0.25, 0.3) is 10.8 Å². The average Bonchev–Trinajstić information content (AvgIpc) is 2.39. The number of fused-ring (bicyclic) bond motifs is 1. The van der Waals surface area contributed by atoms with E-state index in [4.69, 9.17) is 4.74 Å². The minimum absolute atomic E-state index is 0.279. The molecule has 0 aliphatic carbocycles. The van der Waals surface area contributed by atoms with E-state index in [1.54, 1.807) is 6.92 Å². The summed E-state index contributed by atoms with van der Waals surface area (Å²) < 4.78 is 4.82. The molecule has 0 heterocycles. The molecule has 0 fully saturated rings. The standard InChI is InChI=1S/C16H16O2/c1-2-18-16(17)9-5-6-13-10-11-14-7-3-4-8-15(14)12-13/h3-5,7-12H,2,6H2,1H3/b9-5+. The smallest absolute Gasteiger partial charge is 0.330 e. The first-order valence-electron chi connectivity index (χ1n) is 6.10. The fourth-order valence-electron chi connectivity index (χ4n) is 1.85. The van der Waals surface area contributed by atoms with Gasteiger partial charge >= 0.3 is 5.97 Å². The second-order valence-corrected chi connectivity index (χ2v) is 4.04. The van der Waals surface area contributed by atoms with Crippen molar-refractivity contribution in [2.75, 3.05) is 6.61 Å². The molecule has 0 aliphatic rings. The van der Waals surface area contributed by atoms with Crippen molar-refractivity contribution in [3.63, 3.8) is 0 Å². The van der Waals surface area contributed by atoms with Crippen molar-refractivity contribution >= 4 is 16.7 Å². The molecule has 2 aromatic rings. The van der Waals surface area contributed by atoms with Crippen LogP contribution in [-0.4, -0.2) is 12.6 Å². The minimum Gasteiger partial charge on any atom is -0.463 e. The van der Waals surface area contributed by atoms with Gasteiger partial charge in [0.1, 0.15) is 0 Å². The van der Waals surface area contributed by atoms with Gasteiger partial charge in [-0.15, -0.1) is 0 Å². The summed E-state index contributed by atoms with van der Waals surface area (Å²) in [5.41, 5.74) is 1.19. The number of hydrogen-bond acceptors (Lipinski definition) is 2. The Balaban J connectivity index is 2.06. The van der Waals surface area contributed by atoms with Gasteiger partial charge in [-0.2, -0.15) is 0 Å². The molecule has 0 amide bonds. The van der Waals surface area contributed by atoms with Crippen molar-refractivity contribution in [2.24, 2.45) is 0 Å². The Bertz CT molecular complexity index is 570. The molecule has 0 atom stereocenters. The molecule has 0 saturated heterocycles. The quantitative estimate of drug-likeness (QED) is 0.604. The molecule has 0 saturated carbocycles. The lowest BCUT2D eigenvalue weighted by molar-refractivity contribution is -0.137. The van der Waals surface area contributed by atoms with Gasteiger partial charge in [0.2, 0.25) is 0 Å². The van der Waals surface area contributed by atoms with Gasteiger partial charge in [-0.1, -0.05) is 48.5 Å². The number of hydrogen-bond donors (Lipinski definition) is 0. The SMILES string of the molecule is CCOC(=O)/C=C/Cc1ccc2ccccc2c1. The van der Waals surface area contributed by atoms with Crippen molar-refractivity contribution in [2.45, 2.75) is 13.3 Å². The number of allylic oxidation sites excluding steroid dienone is 1. The lowest BCUT2D eigenvalue weighted by Crippen LogP contribution is -1.99. The summed E-state index contributed by atoms with van der Waals surface area (Å²) in [5.74, 6) is -0.279. The van der Waals surface area contributed by atoms with E-state index >= 15 is 0 Å². The third-order valence-electron chi connectivity index (χ3n) is 2.71. The van der Waals surface area contributed by atoms with Gasteiger partial charge < -0.3 is 4.74 Å². The molecular weight excluding hydrogens is 224 g/mol. The van der Waals surface area contributed by atoms with Gasteiger partial charge in [0.25, 0.3) is 0 Å². The monoisotopic (exact) mass is 240 g/mol. The molecule has 0 radical (unpaired) electrons. The third-order valence-corrected chi connectivity index (χ3v) is 2.71. The zero-order valence-corrected chi connectivity index (χ0v) is 10.4. The molecule has 0 aromatic heterocycles. The van der Waals surface area contributed by atoms with Crippen LogP contribution in [0.1, 0.15) is 12.5 Å². The van der Waals surface area contributed by atoms with Gasteiger partial charge in [-0.3, -0.25) is 0 Å². The third kappa shape index (κ3) is 3.20. The van der Waals surface area contributed by atoms with Crippen molar-refractivity contribution in [3.8, 4) is 0 Å². The Morgan fingerprint density at radius 2 is 1.94 bits per heavy atom. The van der Waals surface area contributed by atoms with Crippen molar-refractivity contribution < 1.29 is 9.53 Å². The molecule has 2 heteroatoms. The van der Waals surface area contributed by atoms with Gasteiger partial charge in [0.05, 0.1) is 6.61 Å². The molecular formula is C16H16O2. The first-order chi connectivity index (χ1) is 8.79. The maximum Gasteiger partial charge on any atom is 0.330 e. The van der Waals surface area contributed by atoms with Gasteiger partial charge in [0, 0.05) is 6.08 Å². The van der Waals surface area contributed by atoms with E-state index in [1.807, 2.05) is 18.2 Å². The van der Waals surface area contributed by atoms with Crippen LogP contribution >= 0.6 is 0 Å². The number of carbonyl (C=O) groups is 1. The predicted molar refractivity (Wildman–Crippen MR) is 73.4 cm³/mol. The molecule has 2 aromatic carbocycles. The van der Waals surface area contributed by atoms with E-state index in [-0.39, 0.29) is 5.97 Å². The number of carbonyl (C=O) groups excluding carboxylic acids is 1. The number of rotatable bonds is 4. The maximum absolute atomic E-state index is 11.1. The molecule has 0 aliphatic heterocycles. The van der Waals surface area contributed by atoms with Crippen molar-refractivity contribution in [3.05, 3.63) is 60.2 Å². The highest BCUT2D eigenvalue weighted by Crippen LogP contribution is 2.16. The summed E-state index contributed by atoms with van der Waals surface area (Å²) in [5, 5.41) is 2.45. The zero-order chi connectivity index (χ0) is 12.8. The number of benzene rings is 2.